The molecule has 0 saturated carbocycles. The minimum absolute atomic E-state index is 0.105. The molecule has 2 aliphatic heterocycles. The Balaban J connectivity index is 2.34. The summed E-state index contributed by atoms with van der Waals surface area (Å²) in [7, 11) is 6.09. The Bertz CT molecular complexity index is 355. The van der Waals surface area contributed by atoms with Gasteiger partial charge in [0.2, 0.25) is 0 Å². The van der Waals surface area contributed by atoms with E-state index in [4.69, 9.17) is 18.9 Å². The number of urea groups is 1. The maximum absolute atomic E-state index is 12.6. The van der Waals surface area contributed by atoms with Crippen molar-refractivity contribution in [1.29, 1.82) is 0 Å². The van der Waals surface area contributed by atoms with Crippen molar-refractivity contribution in [1.82, 2.24) is 19.6 Å². The molecule has 22 heavy (non-hydrogen) atoms. The lowest BCUT2D eigenvalue weighted by Gasteiger charge is -2.32. The van der Waals surface area contributed by atoms with Crippen molar-refractivity contribution >= 4 is 6.03 Å². The van der Waals surface area contributed by atoms with Crippen LogP contribution in [0.1, 0.15) is 0 Å². The molecule has 10 nitrogen and oxygen atoms in total. The van der Waals surface area contributed by atoms with Gasteiger partial charge >= 0.3 is 6.03 Å². The smallest absolute Gasteiger partial charge is 0.326 e. The van der Waals surface area contributed by atoms with Crippen LogP contribution in [0.15, 0.2) is 0 Å². The number of ether oxygens (including phenoxy) is 4. The van der Waals surface area contributed by atoms with Gasteiger partial charge in [0.1, 0.15) is 39.3 Å². The highest BCUT2D eigenvalue weighted by Gasteiger charge is 2.59. The van der Waals surface area contributed by atoms with Crippen LogP contribution in [0.25, 0.3) is 0 Å². The minimum atomic E-state index is -0.943. The number of carbonyl (C=O) groups is 1. The predicted octanol–water partition coefficient (Wildman–Crippen LogP) is -1.31. The number of aliphatic hydroxyl groups is 1. The number of nitrogens with zero attached hydrogens (tertiary/aromatic N) is 4. The summed E-state index contributed by atoms with van der Waals surface area (Å²) in [6, 6.07) is -0.229. The Morgan fingerprint density at radius 1 is 0.818 bits per heavy atom. The Kier molecular flexibility index (Phi) is 5.92. The first-order chi connectivity index (χ1) is 10.6. The van der Waals surface area contributed by atoms with Crippen LogP contribution in [0.4, 0.5) is 4.79 Å². The van der Waals surface area contributed by atoms with E-state index in [2.05, 4.69) is 0 Å². The van der Waals surface area contributed by atoms with Crippen LogP contribution in [-0.4, -0.2) is 105 Å². The number of hydrogen-bond acceptors (Lipinski definition) is 8. The van der Waals surface area contributed by atoms with E-state index in [1.165, 1.54) is 38.2 Å². The van der Waals surface area contributed by atoms with E-state index in [-0.39, 0.29) is 33.0 Å². The summed E-state index contributed by atoms with van der Waals surface area (Å²) in [4.78, 5) is 19.0. The predicted molar refractivity (Wildman–Crippen MR) is 73.8 cm³/mol. The number of fused-ring (bicyclic) bond motifs is 1. The Morgan fingerprint density at radius 2 is 1.18 bits per heavy atom. The van der Waals surface area contributed by atoms with Gasteiger partial charge in [0.15, 0.2) is 6.35 Å². The van der Waals surface area contributed by atoms with Crippen LogP contribution in [-0.2, 0) is 18.9 Å². The fourth-order valence-electron chi connectivity index (χ4n) is 3.00. The zero-order valence-electron chi connectivity index (χ0n) is 13.3. The summed E-state index contributed by atoms with van der Waals surface area (Å²) < 4.78 is 20.6. The van der Waals surface area contributed by atoms with Gasteiger partial charge in [0.05, 0.1) is 0 Å². The van der Waals surface area contributed by atoms with Crippen LogP contribution < -0.4 is 0 Å². The second-order valence-electron chi connectivity index (χ2n) is 5.10. The quantitative estimate of drug-likeness (QED) is 0.590. The lowest BCUT2D eigenvalue weighted by Crippen LogP contribution is -2.51. The first-order valence-electron chi connectivity index (χ1n) is 6.84. The van der Waals surface area contributed by atoms with Gasteiger partial charge in [-0.05, 0) is 0 Å². The van der Waals surface area contributed by atoms with Crippen molar-refractivity contribution in [2.45, 2.75) is 18.7 Å². The summed E-state index contributed by atoms with van der Waals surface area (Å²) >= 11 is 0. The first-order valence-corrected chi connectivity index (χ1v) is 6.84. The fourth-order valence-corrected chi connectivity index (χ4v) is 3.00. The van der Waals surface area contributed by atoms with E-state index in [0.717, 1.165) is 0 Å². The molecule has 2 amide bonds. The Labute approximate surface area is 129 Å². The molecule has 2 aliphatic rings. The molecule has 0 aromatic rings. The molecule has 2 fully saturated rings. The second-order valence-corrected chi connectivity index (χ2v) is 5.10. The van der Waals surface area contributed by atoms with Gasteiger partial charge in [-0.2, -0.15) is 0 Å². The van der Waals surface area contributed by atoms with E-state index in [0.29, 0.717) is 0 Å². The highest BCUT2D eigenvalue weighted by molar-refractivity contribution is 5.77. The summed E-state index contributed by atoms with van der Waals surface area (Å²) in [6.45, 7) is 0.537. The number of rotatable bonds is 8. The third kappa shape index (κ3) is 2.78. The molecular formula is C12H24N4O6. The first kappa shape index (κ1) is 17.3. The van der Waals surface area contributed by atoms with Crippen molar-refractivity contribution in [3.05, 3.63) is 0 Å². The van der Waals surface area contributed by atoms with E-state index in [1.807, 2.05) is 0 Å². The van der Waals surface area contributed by atoms with Gasteiger partial charge in [-0.25, -0.2) is 14.6 Å². The summed E-state index contributed by atoms with van der Waals surface area (Å²) in [5, 5.41) is 10.5. The van der Waals surface area contributed by atoms with Gasteiger partial charge in [0.25, 0.3) is 0 Å². The molecule has 2 atom stereocenters. The summed E-state index contributed by atoms with van der Waals surface area (Å²) in [6.07, 6.45) is -1.79. The maximum atomic E-state index is 12.6. The average molecular weight is 320 g/mol. The number of methoxy groups -OCH3 is 4. The molecule has 0 bridgehead atoms. The van der Waals surface area contributed by atoms with Crippen molar-refractivity contribution in [2.75, 3.05) is 55.4 Å². The van der Waals surface area contributed by atoms with Crippen LogP contribution in [0, 0.1) is 0 Å². The van der Waals surface area contributed by atoms with Crippen molar-refractivity contribution in [2.24, 2.45) is 0 Å². The van der Waals surface area contributed by atoms with Gasteiger partial charge in [-0.3, -0.25) is 9.80 Å². The minimum Gasteiger partial charge on any atom is -0.369 e. The zero-order chi connectivity index (χ0) is 16.3. The molecule has 0 aromatic heterocycles. The van der Waals surface area contributed by atoms with E-state index in [9.17, 15) is 9.90 Å². The highest BCUT2D eigenvalue weighted by atomic mass is 16.5. The van der Waals surface area contributed by atoms with Crippen LogP contribution >= 0.6 is 0 Å². The van der Waals surface area contributed by atoms with Crippen LogP contribution in [0.2, 0.25) is 0 Å². The fraction of sp³-hybridized carbons (Fsp3) is 0.917. The molecule has 10 heteroatoms. The van der Waals surface area contributed by atoms with E-state index < -0.39 is 18.7 Å². The molecule has 128 valence electrons. The standard InChI is InChI=1S/C12H24N4O6/c1-19-5-13-9-10(15(7-21-3)11(13)17)16(8-22-4)12(18)14(9)6-20-2/h9-11,17H,5-8H2,1-4H3. The third-order valence-corrected chi connectivity index (χ3v) is 3.76. The number of aliphatic hydroxyl groups excluding tert-OH is 1. The molecule has 2 unspecified atom stereocenters. The van der Waals surface area contributed by atoms with Gasteiger partial charge in [0, 0.05) is 28.4 Å². The molecule has 2 heterocycles. The Hall–Kier alpha value is -1.01. The Morgan fingerprint density at radius 3 is 1.50 bits per heavy atom. The van der Waals surface area contributed by atoms with Gasteiger partial charge < -0.3 is 24.1 Å². The normalized spacial score (nSPS) is 29.7. The maximum Gasteiger partial charge on any atom is 0.326 e. The molecule has 2 rings (SSSR count). The number of amides is 2. The van der Waals surface area contributed by atoms with Crippen LogP contribution in [0.3, 0.4) is 0 Å². The molecule has 0 aromatic carbocycles. The molecule has 0 radical (unpaired) electrons. The molecule has 1 N–H and O–H groups in total. The molecule has 0 spiro atoms. The zero-order valence-corrected chi connectivity index (χ0v) is 13.3. The lowest BCUT2D eigenvalue weighted by molar-refractivity contribution is -0.150. The largest absolute Gasteiger partial charge is 0.369 e. The van der Waals surface area contributed by atoms with Gasteiger partial charge in [-0.15, -0.1) is 0 Å². The molecule has 2 saturated heterocycles. The molecule has 0 aliphatic carbocycles. The summed E-state index contributed by atoms with van der Waals surface area (Å²) in [5.41, 5.74) is 0. The average Bonchev–Trinajstić information content (AvgIpc) is 2.90. The van der Waals surface area contributed by atoms with E-state index in [1.54, 1.807) is 9.80 Å². The highest BCUT2D eigenvalue weighted by Crippen LogP contribution is 2.36. The van der Waals surface area contributed by atoms with E-state index >= 15 is 0 Å². The lowest BCUT2D eigenvalue weighted by atomic mass is 10.3. The van der Waals surface area contributed by atoms with Crippen molar-refractivity contribution in [3.63, 3.8) is 0 Å². The van der Waals surface area contributed by atoms with Crippen molar-refractivity contribution in [3.8, 4) is 0 Å². The van der Waals surface area contributed by atoms with Crippen molar-refractivity contribution < 1.29 is 28.8 Å². The molecular weight excluding hydrogens is 296 g/mol. The van der Waals surface area contributed by atoms with Crippen LogP contribution in [0.5, 0.6) is 0 Å². The summed E-state index contributed by atoms with van der Waals surface area (Å²) in [5.74, 6) is 0. The number of hydrogen-bond donors (Lipinski definition) is 1. The number of carbonyl (C=O) groups excluding carboxylic acids is 1. The SMILES string of the molecule is COCN1C(=O)N(COC)C2C1N(COC)C(O)N2COC. The topological polar surface area (TPSA) is 87.2 Å². The second kappa shape index (κ2) is 7.51. The van der Waals surface area contributed by atoms with Gasteiger partial charge in [-0.1, -0.05) is 0 Å². The monoisotopic (exact) mass is 320 g/mol. The third-order valence-electron chi connectivity index (χ3n) is 3.76.